The molecule has 0 N–H and O–H groups in total. The third kappa shape index (κ3) is 1.70. The molecular weight excluding hydrogens is 134 g/mol. The first-order chi connectivity index (χ1) is 4.13. The topological polar surface area (TPSA) is 0 Å². The van der Waals surface area contributed by atoms with Crippen LogP contribution in [0.5, 0.6) is 0 Å². The van der Waals surface area contributed by atoms with Crippen LogP contribution in [0.1, 0.15) is 23.1 Å². The summed E-state index contributed by atoms with van der Waals surface area (Å²) in [7, 11) is 0.976. The second kappa shape index (κ2) is 3.68. The van der Waals surface area contributed by atoms with E-state index in [1.54, 1.807) is 10.6 Å². The van der Waals surface area contributed by atoms with Gasteiger partial charge in [-0.15, -0.1) is 8.19 Å². The molecule has 0 aliphatic rings. The van der Waals surface area contributed by atoms with Crippen molar-refractivity contribution in [3.8, 4) is 0 Å². The zero-order chi connectivity index (χ0) is 7.02. The van der Waals surface area contributed by atoms with Crippen molar-refractivity contribution in [2.75, 3.05) is 0 Å². The molecule has 0 bridgehead atoms. The molecule has 1 rings (SSSR count). The van der Waals surface area contributed by atoms with Crippen molar-refractivity contribution in [3.63, 3.8) is 0 Å². The van der Waals surface area contributed by atoms with E-state index in [4.69, 9.17) is 0 Å². The van der Waals surface area contributed by atoms with E-state index in [0.717, 1.165) is 8.19 Å². The average molecular weight is 148 g/mol. The van der Waals surface area contributed by atoms with Gasteiger partial charge in [0.05, 0.1) is 0 Å². The number of aryl methyl sites for hydroxylation is 2. The van der Waals surface area contributed by atoms with Crippen LogP contribution in [0.25, 0.3) is 0 Å². The van der Waals surface area contributed by atoms with Crippen molar-refractivity contribution < 1.29 is 20.3 Å². The molecule has 1 heterocycles. The van der Waals surface area contributed by atoms with E-state index in [-0.39, 0.29) is 20.3 Å². The van der Waals surface area contributed by atoms with Crippen molar-refractivity contribution in [1.29, 1.82) is 0 Å². The van der Waals surface area contributed by atoms with Crippen molar-refractivity contribution in [1.82, 2.24) is 0 Å². The van der Waals surface area contributed by atoms with E-state index in [2.05, 4.69) is 27.7 Å². The molecular formula is C8H14LiP. The Morgan fingerprint density at radius 1 is 0.900 bits per heavy atom. The fraction of sp³-hybridized carbons (Fsp3) is 0.500. The molecule has 0 saturated carbocycles. The Morgan fingerprint density at radius 2 is 1.20 bits per heavy atom. The van der Waals surface area contributed by atoms with Crippen molar-refractivity contribution in [2.45, 2.75) is 27.7 Å². The zero-order valence-electron chi connectivity index (χ0n) is 8.50. The summed E-state index contributed by atoms with van der Waals surface area (Å²) in [5.74, 6) is 0. The van der Waals surface area contributed by atoms with Crippen LogP contribution in [0, 0.1) is 27.7 Å². The van der Waals surface area contributed by atoms with Crippen LogP contribution >= 0.6 is 8.19 Å². The van der Waals surface area contributed by atoms with Crippen molar-refractivity contribution in [2.24, 2.45) is 0 Å². The van der Waals surface area contributed by atoms with Gasteiger partial charge in [-0.25, -0.2) is 0 Å². The molecule has 10 heavy (non-hydrogen) atoms. The molecule has 0 amide bonds. The molecule has 1 aromatic rings. The van der Waals surface area contributed by atoms with E-state index < -0.39 is 0 Å². The zero-order valence-corrected chi connectivity index (χ0v) is 8.50. The molecule has 0 unspecified atom stereocenters. The van der Waals surface area contributed by atoms with Crippen LogP contribution in [-0.4, -0.2) is 0 Å². The summed E-state index contributed by atoms with van der Waals surface area (Å²) in [6.07, 6.45) is 0. The largest absolute Gasteiger partial charge is 1.00 e. The Bertz CT molecular complexity index is 208. The van der Waals surface area contributed by atoms with Crippen LogP contribution in [-0.2, 0) is 0 Å². The summed E-state index contributed by atoms with van der Waals surface area (Å²) in [5, 5.41) is 3.15. The molecule has 0 spiro atoms. The van der Waals surface area contributed by atoms with Crippen molar-refractivity contribution in [3.05, 3.63) is 21.7 Å². The first-order valence-corrected chi connectivity index (χ1v) is 4.25. The SMILES string of the molecule is Cc1[pH]c(C)c(C)c1C.[H-].[Li+]. The number of hydrogen-bond acceptors (Lipinski definition) is 0. The van der Waals surface area contributed by atoms with Crippen LogP contribution in [0.2, 0.25) is 0 Å². The minimum atomic E-state index is 0. The maximum absolute atomic E-state index is 2.23. The van der Waals surface area contributed by atoms with Gasteiger partial charge in [-0.2, -0.15) is 0 Å². The second-order valence-electron chi connectivity index (χ2n) is 2.62. The maximum atomic E-state index is 2.23. The first kappa shape index (κ1) is 10.4. The summed E-state index contributed by atoms with van der Waals surface area (Å²) < 4.78 is 0. The normalized spacial score (nSPS) is 9.20. The molecule has 0 radical (unpaired) electrons. The fourth-order valence-electron chi connectivity index (χ4n) is 1.03. The first-order valence-electron chi connectivity index (χ1n) is 3.25. The Labute approximate surface area is 78.2 Å². The molecule has 0 nitrogen and oxygen atoms in total. The third-order valence-corrected chi connectivity index (χ3v) is 3.56. The predicted octanol–water partition coefficient (Wildman–Crippen LogP) is 0.0681. The monoisotopic (exact) mass is 148 g/mol. The van der Waals surface area contributed by atoms with Gasteiger partial charge in [-0.1, -0.05) is 0 Å². The van der Waals surface area contributed by atoms with Gasteiger partial charge >= 0.3 is 18.9 Å². The minimum absolute atomic E-state index is 0. The van der Waals surface area contributed by atoms with Crippen LogP contribution < -0.4 is 18.9 Å². The molecule has 0 aliphatic carbocycles. The van der Waals surface area contributed by atoms with Crippen molar-refractivity contribution >= 4 is 8.19 Å². The standard InChI is InChI=1S/C8H13P.Li.H/c1-5-6(2)8(4)9-7(5)3;;/h9H,1-4H3;;/q;+1;-1. The van der Waals surface area contributed by atoms with Crippen LogP contribution in [0.15, 0.2) is 0 Å². The van der Waals surface area contributed by atoms with E-state index in [1.807, 2.05) is 0 Å². The number of hydrogen-bond donors (Lipinski definition) is 0. The average Bonchev–Trinajstić information content (AvgIpc) is 1.98. The van der Waals surface area contributed by atoms with Crippen LogP contribution in [0.3, 0.4) is 0 Å². The van der Waals surface area contributed by atoms with Gasteiger partial charge in [0.2, 0.25) is 0 Å². The molecule has 0 atom stereocenters. The fourth-order valence-corrected chi connectivity index (χ4v) is 2.34. The molecule has 2 heteroatoms. The van der Waals surface area contributed by atoms with Gasteiger partial charge in [0, 0.05) is 0 Å². The molecule has 0 saturated heterocycles. The summed E-state index contributed by atoms with van der Waals surface area (Å²) >= 11 is 0. The third-order valence-electron chi connectivity index (χ3n) is 2.06. The van der Waals surface area contributed by atoms with E-state index in [0.29, 0.717) is 0 Å². The maximum Gasteiger partial charge on any atom is 1.00 e. The molecule has 0 aliphatic heterocycles. The Kier molecular flexibility index (Phi) is 3.82. The quantitative estimate of drug-likeness (QED) is 0.457. The number of rotatable bonds is 0. The minimum Gasteiger partial charge on any atom is -1.00 e. The summed E-state index contributed by atoms with van der Waals surface area (Å²) in [4.78, 5) is 0. The molecule has 1 aromatic heterocycles. The smallest absolute Gasteiger partial charge is 1.00 e. The van der Waals surface area contributed by atoms with Gasteiger partial charge in [0.25, 0.3) is 0 Å². The van der Waals surface area contributed by atoms with E-state index in [9.17, 15) is 0 Å². The summed E-state index contributed by atoms with van der Waals surface area (Å²) in [5.41, 5.74) is 3.04. The predicted molar refractivity (Wildman–Crippen MR) is 46.0 cm³/mol. The van der Waals surface area contributed by atoms with Gasteiger partial charge < -0.3 is 1.43 Å². The van der Waals surface area contributed by atoms with Crippen LogP contribution in [0.4, 0.5) is 0 Å². The van der Waals surface area contributed by atoms with Gasteiger partial charge in [-0.3, -0.25) is 0 Å². The molecule has 0 aromatic carbocycles. The second-order valence-corrected chi connectivity index (χ2v) is 4.38. The Balaban J connectivity index is 0. The molecule has 0 fully saturated rings. The van der Waals surface area contributed by atoms with Gasteiger partial charge in [0.15, 0.2) is 0 Å². The van der Waals surface area contributed by atoms with E-state index in [1.165, 1.54) is 11.1 Å². The van der Waals surface area contributed by atoms with E-state index >= 15 is 0 Å². The Morgan fingerprint density at radius 3 is 1.30 bits per heavy atom. The summed E-state index contributed by atoms with van der Waals surface area (Å²) in [6, 6.07) is 0. The van der Waals surface area contributed by atoms with Gasteiger partial charge in [-0.05, 0) is 49.4 Å². The van der Waals surface area contributed by atoms with Gasteiger partial charge in [0.1, 0.15) is 0 Å². The Hall–Kier alpha value is 0.377. The molecule has 52 valence electrons. The summed E-state index contributed by atoms with van der Waals surface area (Å²) in [6.45, 7) is 8.89.